The van der Waals surface area contributed by atoms with Crippen molar-refractivity contribution in [2.75, 3.05) is 59.5 Å². The Bertz CT molecular complexity index is 744. The normalized spacial score (nSPS) is 27.5. The molecule has 0 bridgehead atoms. The average Bonchev–Trinajstić information content (AvgIpc) is 2.75. The van der Waals surface area contributed by atoms with Gasteiger partial charge in [0, 0.05) is 39.3 Å². The van der Waals surface area contributed by atoms with Crippen LogP contribution in [0.2, 0.25) is 0 Å². The largest absolute Gasteiger partial charge is 0.447 e. The Morgan fingerprint density at radius 2 is 1.87 bits per heavy atom. The van der Waals surface area contributed by atoms with E-state index in [-0.39, 0.29) is 18.4 Å². The number of hydrogen-bond donors (Lipinski definition) is 0. The van der Waals surface area contributed by atoms with E-state index in [2.05, 4.69) is 41.7 Å². The highest BCUT2D eigenvalue weighted by molar-refractivity contribution is 6.00. The molecule has 0 saturated carbocycles. The Morgan fingerprint density at radius 1 is 1.13 bits per heavy atom. The first kappa shape index (κ1) is 21.7. The van der Waals surface area contributed by atoms with Gasteiger partial charge in [-0.2, -0.15) is 0 Å². The Kier molecular flexibility index (Phi) is 6.75. The van der Waals surface area contributed by atoms with E-state index in [0.29, 0.717) is 37.6 Å². The zero-order chi connectivity index (χ0) is 21.1. The van der Waals surface area contributed by atoms with Crippen LogP contribution < -0.4 is 4.74 Å². The topological polar surface area (TPSA) is 54.5 Å². The minimum absolute atomic E-state index is 0.0891. The maximum Gasteiger partial charge on any atom is 0.282 e. The molecule has 7 heteroatoms. The summed E-state index contributed by atoms with van der Waals surface area (Å²) >= 11 is 0. The quantitative estimate of drug-likeness (QED) is 0.703. The monoisotopic (exact) mass is 417 g/mol. The number of fused-ring (bicyclic) bond motifs is 1. The summed E-state index contributed by atoms with van der Waals surface area (Å²) in [4.78, 5) is 20.1. The van der Waals surface area contributed by atoms with Crippen molar-refractivity contribution in [2.24, 2.45) is 0 Å². The van der Waals surface area contributed by atoms with Gasteiger partial charge in [-0.15, -0.1) is 0 Å². The van der Waals surface area contributed by atoms with E-state index >= 15 is 0 Å². The molecular formula is C23H35N3O4. The molecule has 2 fully saturated rings. The van der Waals surface area contributed by atoms with E-state index in [1.54, 1.807) is 0 Å². The van der Waals surface area contributed by atoms with Gasteiger partial charge >= 0.3 is 0 Å². The third kappa shape index (κ3) is 4.41. The molecule has 4 rings (SSSR count). The standard InChI is InChI=1S/C23H35N3O4/c1-4-6-19-7-5-8-20-21(27)17-23(30-22(19)20,26-13-15-28-16-14-26)29-18(2)25-11-9-24(3)10-12-25/h5,7-8,18H,4,6,9-17H2,1-3H3. The highest BCUT2D eigenvalue weighted by Crippen LogP contribution is 2.40. The van der Waals surface area contributed by atoms with Gasteiger partial charge in [0.25, 0.3) is 5.91 Å². The molecule has 2 unspecified atom stereocenters. The number of piperazine rings is 1. The SMILES string of the molecule is CCCc1cccc2c1OC(OC(C)N1CCN(C)CC1)(N1CCOCC1)CC2=O. The van der Waals surface area contributed by atoms with Crippen molar-refractivity contribution < 1.29 is 19.0 Å². The van der Waals surface area contributed by atoms with Gasteiger partial charge in [-0.3, -0.25) is 9.69 Å². The lowest BCUT2D eigenvalue weighted by atomic mass is 9.96. The number of likely N-dealkylation sites (N-methyl/N-ethyl adjacent to an activating group) is 1. The fourth-order valence-electron chi connectivity index (χ4n) is 4.63. The summed E-state index contributed by atoms with van der Waals surface area (Å²) in [5.41, 5.74) is 1.76. The summed E-state index contributed by atoms with van der Waals surface area (Å²) < 4.78 is 18.9. The molecule has 0 amide bonds. The van der Waals surface area contributed by atoms with Crippen LogP contribution in [0.15, 0.2) is 18.2 Å². The molecule has 2 saturated heterocycles. The summed E-state index contributed by atoms with van der Waals surface area (Å²) in [6, 6.07) is 5.90. The molecule has 2 atom stereocenters. The van der Waals surface area contributed by atoms with Crippen LogP contribution in [-0.2, 0) is 15.9 Å². The lowest BCUT2D eigenvalue weighted by Crippen LogP contribution is -2.64. The highest BCUT2D eigenvalue weighted by Gasteiger charge is 2.49. The second-order valence-corrected chi connectivity index (χ2v) is 8.61. The smallest absolute Gasteiger partial charge is 0.282 e. The van der Waals surface area contributed by atoms with Crippen molar-refractivity contribution in [1.82, 2.24) is 14.7 Å². The maximum absolute atomic E-state index is 13.3. The number of hydrogen-bond acceptors (Lipinski definition) is 7. The molecule has 0 spiro atoms. The molecule has 7 nitrogen and oxygen atoms in total. The zero-order valence-corrected chi connectivity index (χ0v) is 18.6. The number of Topliss-reactive ketones (excluding diaryl/α,β-unsaturated/α-hetero) is 1. The summed E-state index contributed by atoms with van der Waals surface area (Å²) in [6.07, 6.45) is 1.93. The fourth-order valence-corrected chi connectivity index (χ4v) is 4.63. The van der Waals surface area contributed by atoms with E-state index in [4.69, 9.17) is 14.2 Å². The first-order valence-corrected chi connectivity index (χ1v) is 11.3. The summed E-state index contributed by atoms with van der Waals surface area (Å²) in [5.74, 6) is -0.292. The van der Waals surface area contributed by atoms with Crippen molar-refractivity contribution >= 4 is 5.78 Å². The van der Waals surface area contributed by atoms with Crippen molar-refractivity contribution in [3.8, 4) is 5.75 Å². The third-order valence-corrected chi connectivity index (χ3v) is 6.46. The van der Waals surface area contributed by atoms with Gasteiger partial charge in [-0.25, -0.2) is 4.90 Å². The van der Waals surface area contributed by atoms with Gasteiger partial charge in [0.2, 0.25) is 0 Å². The van der Waals surface area contributed by atoms with E-state index in [9.17, 15) is 4.79 Å². The Morgan fingerprint density at radius 3 is 2.57 bits per heavy atom. The number of carbonyl (C=O) groups excluding carboxylic acids is 1. The summed E-state index contributed by atoms with van der Waals surface area (Å²) in [5, 5.41) is 0. The number of nitrogens with zero attached hydrogens (tertiary/aromatic N) is 3. The van der Waals surface area contributed by atoms with Gasteiger partial charge in [0.05, 0.1) is 25.2 Å². The number of para-hydroxylation sites is 1. The third-order valence-electron chi connectivity index (χ3n) is 6.46. The first-order valence-electron chi connectivity index (χ1n) is 11.3. The van der Waals surface area contributed by atoms with Crippen LogP contribution in [0.5, 0.6) is 5.75 Å². The van der Waals surface area contributed by atoms with E-state index < -0.39 is 5.91 Å². The average molecular weight is 418 g/mol. The van der Waals surface area contributed by atoms with Gasteiger partial charge in [0.1, 0.15) is 12.0 Å². The summed E-state index contributed by atoms with van der Waals surface area (Å²) in [7, 11) is 2.15. The van der Waals surface area contributed by atoms with Crippen LogP contribution in [0.3, 0.4) is 0 Å². The maximum atomic E-state index is 13.3. The molecule has 166 valence electrons. The number of morpholine rings is 1. The highest BCUT2D eigenvalue weighted by atomic mass is 16.7. The van der Waals surface area contributed by atoms with Crippen molar-refractivity contribution in [1.29, 1.82) is 0 Å². The van der Waals surface area contributed by atoms with Crippen LogP contribution in [-0.4, -0.2) is 92.2 Å². The number of benzene rings is 1. The molecule has 3 aliphatic heterocycles. The van der Waals surface area contributed by atoms with E-state index in [1.165, 1.54) is 0 Å². The predicted molar refractivity (Wildman–Crippen MR) is 115 cm³/mol. The minimum atomic E-state index is -1.08. The van der Waals surface area contributed by atoms with Crippen LogP contribution in [0.1, 0.15) is 42.6 Å². The molecule has 0 N–H and O–H groups in total. The zero-order valence-electron chi connectivity index (χ0n) is 18.6. The van der Waals surface area contributed by atoms with Crippen LogP contribution >= 0.6 is 0 Å². The predicted octanol–water partition coefficient (Wildman–Crippen LogP) is 2.20. The molecule has 3 heterocycles. The molecular weight excluding hydrogens is 382 g/mol. The van der Waals surface area contributed by atoms with Gasteiger partial charge < -0.3 is 19.1 Å². The van der Waals surface area contributed by atoms with Crippen LogP contribution in [0, 0.1) is 0 Å². The van der Waals surface area contributed by atoms with Gasteiger partial charge in [0.15, 0.2) is 5.78 Å². The Labute approximate surface area is 179 Å². The van der Waals surface area contributed by atoms with E-state index in [1.807, 2.05) is 12.1 Å². The first-order chi connectivity index (χ1) is 14.5. The van der Waals surface area contributed by atoms with Crippen molar-refractivity contribution in [3.63, 3.8) is 0 Å². The Hall–Kier alpha value is -1.51. The molecule has 0 aromatic heterocycles. The van der Waals surface area contributed by atoms with Crippen LogP contribution in [0.25, 0.3) is 0 Å². The Balaban J connectivity index is 1.64. The molecule has 3 aliphatic rings. The molecule has 30 heavy (non-hydrogen) atoms. The second-order valence-electron chi connectivity index (χ2n) is 8.61. The van der Waals surface area contributed by atoms with Gasteiger partial charge in [-0.05, 0) is 32.0 Å². The van der Waals surface area contributed by atoms with E-state index in [0.717, 1.165) is 44.6 Å². The number of ketones is 1. The molecule has 0 aliphatic carbocycles. The van der Waals surface area contributed by atoms with Crippen molar-refractivity contribution in [2.45, 2.75) is 45.2 Å². The van der Waals surface area contributed by atoms with Gasteiger partial charge in [-0.1, -0.05) is 25.5 Å². The molecule has 1 aromatic carbocycles. The lowest BCUT2D eigenvalue weighted by molar-refractivity contribution is -0.321. The number of carbonyl (C=O) groups is 1. The van der Waals surface area contributed by atoms with Crippen LogP contribution in [0.4, 0.5) is 0 Å². The second kappa shape index (κ2) is 9.32. The minimum Gasteiger partial charge on any atom is -0.447 e. The molecule has 1 aromatic rings. The number of aryl methyl sites for hydroxylation is 1. The summed E-state index contributed by atoms with van der Waals surface area (Å²) in [6.45, 7) is 10.8. The number of ether oxygens (including phenoxy) is 3. The molecule has 0 radical (unpaired) electrons. The lowest BCUT2D eigenvalue weighted by Gasteiger charge is -2.49. The fraction of sp³-hybridized carbons (Fsp3) is 0.696. The van der Waals surface area contributed by atoms with Crippen molar-refractivity contribution in [3.05, 3.63) is 29.3 Å². The number of rotatable bonds is 6.